The van der Waals surface area contributed by atoms with Gasteiger partial charge in [0.1, 0.15) is 4.33 Å². The Bertz CT molecular complexity index is 70.8. The Kier molecular flexibility index (Phi) is 3.10. The number of rotatable bonds is 2. The Morgan fingerprint density at radius 2 is 2.00 bits per heavy atom. The molecule has 0 saturated heterocycles. The van der Waals surface area contributed by atoms with E-state index in [-0.39, 0.29) is 0 Å². The van der Waals surface area contributed by atoms with Crippen molar-refractivity contribution >= 4 is 23.2 Å². The smallest absolute Gasteiger partial charge is 0.143 e. The Hall–Kier alpha value is 0.540. The minimum atomic E-state index is -0.958. The van der Waals surface area contributed by atoms with E-state index >= 15 is 0 Å². The maximum Gasteiger partial charge on any atom is 0.143 e. The molecule has 0 aromatic rings. The molecule has 1 nitrogen and oxygen atoms in total. The Morgan fingerprint density at radius 3 is 2.00 bits per heavy atom. The van der Waals surface area contributed by atoms with Gasteiger partial charge in [-0.05, 0) is 13.3 Å². The molecule has 0 aliphatic heterocycles. The first-order valence-corrected chi connectivity index (χ1v) is 3.32. The molecule has 8 heavy (non-hydrogen) atoms. The summed E-state index contributed by atoms with van der Waals surface area (Å²) in [5.74, 6) is 0. The van der Waals surface area contributed by atoms with Gasteiger partial charge in [-0.2, -0.15) is 0 Å². The molecule has 0 heterocycles. The van der Waals surface area contributed by atoms with Gasteiger partial charge in [-0.25, -0.2) is 0 Å². The van der Waals surface area contributed by atoms with Crippen LogP contribution in [0.2, 0.25) is 0 Å². The van der Waals surface area contributed by atoms with Crippen molar-refractivity contribution < 1.29 is 5.11 Å². The molecule has 1 atom stereocenters. The van der Waals surface area contributed by atoms with Crippen molar-refractivity contribution in [2.45, 2.75) is 30.7 Å². The first-order chi connectivity index (χ1) is 3.50. The summed E-state index contributed by atoms with van der Waals surface area (Å²) in [5, 5.41) is 8.82. The number of aliphatic hydroxyl groups is 1. The van der Waals surface area contributed by atoms with Crippen LogP contribution in [0.15, 0.2) is 0 Å². The van der Waals surface area contributed by atoms with Gasteiger partial charge in [-0.3, -0.25) is 0 Å². The van der Waals surface area contributed by atoms with Crippen LogP contribution >= 0.6 is 23.2 Å². The molecule has 0 bridgehead atoms. The van der Waals surface area contributed by atoms with Crippen LogP contribution in [0.3, 0.4) is 0 Å². The lowest BCUT2D eigenvalue weighted by Gasteiger charge is -2.19. The number of hydrogen-bond acceptors (Lipinski definition) is 1. The van der Waals surface area contributed by atoms with Crippen molar-refractivity contribution in [3.05, 3.63) is 0 Å². The summed E-state index contributed by atoms with van der Waals surface area (Å²) in [7, 11) is 0. The third kappa shape index (κ3) is 2.21. The first kappa shape index (κ1) is 8.54. The minimum Gasteiger partial charge on any atom is -0.390 e. The zero-order valence-corrected chi connectivity index (χ0v) is 6.50. The zero-order valence-electron chi connectivity index (χ0n) is 4.99. The quantitative estimate of drug-likeness (QED) is 0.607. The molecule has 0 amide bonds. The molecule has 0 radical (unpaired) electrons. The number of halogens is 2. The number of alkyl halides is 2. The van der Waals surface area contributed by atoms with E-state index in [1.165, 1.54) is 0 Å². The molecular weight excluding hydrogens is 147 g/mol. The van der Waals surface area contributed by atoms with Gasteiger partial charge >= 0.3 is 0 Å². The normalized spacial score (nSPS) is 16.1. The van der Waals surface area contributed by atoms with Gasteiger partial charge < -0.3 is 5.11 Å². The van der Waals surface area contributed by atoms with E-state index in [0.717, 1.165) is 0 Å². The van der Waals surface area contributed by atoms with Crippen LogP contribution in [0, 0.1) is 0 Å². The third-order valence-corrected chi connectivity index (χ3v) is 2.25. The van der Waals surface area contributed by atoms with Gasteiger partial charge in [-0.1, -0.05) is 30.1 Å². The van der Waals surface area contributed by atoms with Crippen molar-refractivity contribution in [1.29, 1.82) is 0 Å². The summed E-state index contributed by atoms with van der Waals surface area (Å²) in [6.45, 7) is 3.40. The average Bonchev–Trinajstić information content (AvgIpc) is 1.67. The lowest BCUT2D eigenvalue weighted by molar-refractivity contribution is 0.173. The second-order valence-electron chi connectivity index (χ2n) is 1.79. The summed E-state index contributed by atoms with van der Waals surface area (Å²) in [4.78, 5) is 0. The largest absolute Gasteiger partial charge is 0.390 e. The summed E-state index contributed by atoms with van der Waals surface area (Å²) in [6, 6.07) is 0. The number of aliphatic hydroxyl groups excluding tert-OH is 1. The third-order valence-electron chi connectivity index (χ3n) is 1.08. The molecule has 0 aliphatic carbocycles. The van der Waals surface area contributed by atoms with Crippen LogP contribution in [0.1, 0.15) is 20.3 Å². The van der Waals surface area contributed by atoms with Crippen molar-refractivity contribution in [2.24, 2.45) is 0 Å². The molecule has 0 saturated carbocycles. The summed E-state index contributed by atoms with van der Waals surface area (Å²) in [5.41, 5.74) is 0. The highest BCUT2D eigenvalue weighted by Crippen LogP contribution is 2.28. The van der Waals surface area contributed by atoms with Gasteiger partial charge in [0.05, 0.1) is 6.10 Å². The van der Waals surface area contributed by atoms with Crippen molar-refractivity contribution in [3.8, 4) is 0 Å². The van der Waals surface area contributed by atoms with Gasteiger partial charge in [-0.15, -0.1) is 0 Å². The van der Waals surface area contributed by atoms with Crippen LogP contribution in [-0.4, -0.2) is 15.5 Å². The molecule has 1 N–H and O–H groups in total. The zero-order chi connectivity index (χ0) is 6.78. The van der Waals surface area contributed by atoms with E-state index < -0.39 is 10.4 Å². The standard InChI is InChI=1S/C5H10Cl2O/c1-3-5(6,7)4(2)8/h4,8H,3H2,1-2H3. The highest BCUT2D eigenvalue weighted by Gasteiger charge is 2.27. The fraction of sp³-hybridized carbons (Fsp3) is 1.00. The Balaban J connectivity index is 3.71. The SMILES string of the molecule is CCC(Cl)(Cl)C(C)O. The minimum absolute atomic E-state index is 0.563. The predicted molar refractivity (Wildman–Crippen MR) is 36.4 cm³/mol. The molecule has 0 spiro atoms. The second kappa shape index (κ2) is 2.90. The molecule has 3 heteroatoms. The molecular formula is C5H10Cl2O. The lowest BCUT2D eigenvalue weighted by atomic mass is 10.2. The Labute approximate surface area is 59.6 Å². The average molecular weight is 157 g/mol. The van der Waals surface area contributed by atoms with E-state index in [4.69, 9.17) is 28.3 Å². The molecule has 0 aliphatic rings. The maximum atomic E-state index is 8.82. The second-order valence-corrected chi connectivity index (χ2v) is 3.33. The van der Waals surface area contributed by atoms with Gasteiger partial charge in [0.25, 0.3) is 0 Å². The molecule has 0 rings (SSSR count). The maximum absolute atomic E-state index is 8.82. The molecule has 50 valence electrons. The van der Waals surface area contributed by atoms with Crippen LogP contribution in [-0.2, 0) is 0 Å². The Morgan fingerprint density at radius 1 is 1.62 bits per heavy atom. The highest BCUT2D eigenvalue weighted by atomic mass is 35.5. The van der Waals surface area contributed by atoms with E-state index in [2.05, 4.69) is 0 Å². The fourth-order valence-electron chi connectivity index (χ4n) is 0.295. The van der Waals surface area contributed by atoms with Gasteiger partial charge in [0, 0.05) is 0 Å². The van der Waals surface area contributed by atoms with Gasteiger partial charge in [0.15, 0.2) is 0 Å². The molecule has 0 aromatic carbocycles. The monoisotopic (exact) mass is 156 g/mol. The first-order valence-electron chi connectivity index (χ1n) is 2.56. The summed E-state index contributed by atoms with van der Waals surface area (Å²) in [6.07, 6.45) is -0.0934. The van der Waals surface area contributed by atoms with Crippen molar-refractivity contribution in [2.75, 3.05) is 0 Å². The van der Waals surface area contributed by atoms with E-state index in [9.17, 15) is 0 Å². The van der Waals surface area contributed by atoms with Crippen molar-refractivity contribution in [3.63, 3.8) is 0 Å². The van der Waals surface area contributed by atoms with Gasteiger partial charge in [0.2, 0.25) is 0 Å². The highest BCUT2D eigenvalue weighted by molar-refractivity contribution is 6.48. The summed E-state index contributed by atoms with van der Waals surface area (Å²) < 4.78 is -0.958. The van der Waals surface area contributed by atoms with E-state index in [1.807, 2.05) is 6.92 Å². The van der Waals surface area contributed by atoms with E-state index in [0.29, 0.717) is 6.42 Å². The summed E-state index contributed by atoms with van der Waals surface area (Å²) >= 11 is 11.1. The molecule has 0 fully saturated rings. The van der Waals surface area contributed by atoms with Crippen LogP contribution in [0.5, 0.6) is 0 Å². The predicted octanol–water partition coefficient (Wildman–Crippen LogP) is 1.95. The topological polar surface area (TPSA) is 20.2 Å². The number of hydrogen-bond donors (Lipinski definition) is 1. The van der Waals surface area contributed by atoms with Crippen LogP contribution in [0.25, 0.3) is 0 Å². The lowest BCUT2D eigenvalue weighted by Crippen LogP contribution is -2.26. The molecule has 1 unspecified atom stereocenters. The molecule has 0 aromatic heterocycles. The fourth-order valence-corrected chi connectivity index (χ4v) is 0.295. The van der Waals surface area contributed by atoms with Crippen LogP contribution in [0.4, 0.5) is 0 Å². The van der Waals surface area contributed by atoms with Crippen molar-refractivity contribution in [1.82, 2.24) is 0 Å². The van der Waals surface area contributed by atoms with Crippen LogP contribution < -0.4 is 0 Å². The van der Waals surface area contributed by atoms with E-state index in [1.54, 1.807) is 6.92 Å².